The number of hydrogen-bond acceptors (Lipinski definition) is 4. The van der Waals surface area contributed by atoms with Gasteiger partial charge in [-0.15, -0.1) is 0 Å². The smallest absolute Gasteiger partial charge is 0.213 e. The van der Waals surface area contributed by atoms with Crippen LogP contribution in [0.5, 0.6) is 11.6 Å². The molecule has 0 radical (unpaired) electrons. The maximum Gasteiger partial charge on any atom is 0.213 e. The summed E-state index contributed by atoms with van der Waals surface area (Å²) in [6.07, 6.45) is 0. The first kappa shape index (κ1) is 16.0. The van der Waals surface area contributed by atoms with Gasteiger partial charge in [-0.25, -0.2) is 4.98 Å². The van der Waals surface area contributed by atoms with Gasteiger partial charge >= 0.3 is 0 Å². The van der Waals surface area contributed by atoms with E-state index in [1.165, 1.54) is 5.56 Å². The number of ether oxygens (including phenoxy) is 1. The third-order valence-corrected chi connectivity index (χ3v) is 3.80. The molecule has 0 saturated carbocycles. The van der Waals surface area contributed by atoms with E-state index in [1.807, 2.05) is 48.5 Å². The van der Waals surface area contributed by atoms with Crippen LogP contribution in [0.25, 0.3) is 11.3 Å². The van der Waals surface area contributed by atoms with Gasteiger partial charge in [0.1, 0.15) is 5.75 Å². The molecule has 3 aromatic rings. The Morgan fingerprint density at radius 2 is 1.79 bits per heavy atom. The standard InChI is InChI=1S/C20H20N2O2/c1-24-20-9-5-8-18(22-20)16-10-11-19(23)17(12-16)14-21-13-15-6-3-2-4-7-15/h2-12,21,23H,13-14H2,1H3. The van der Waals surface area contributed by atoms with Gasteiger partial charge in [0.05, 0.1) is 12.8 Å². The first-order chi connectivity index (χ1) is 11.8. The van der Waals surface area contributed by atoms with Crippen LogP contribution < -0.4 is 10.1 Å². The molecule has 0 atom stereocenters. The number of phenolic OH excluding ortho intramolecular Hbond substituents is 1. The van der Waals surface area contributed by atoms with E-state index >= 15 is 0 Å². The molecule has 1 aromatic heterocycles. The molecule has 0 unspecified atom stereocenters. The SMILES string of the molecule is COc1cccc(-c2ccc(O)c(CNCc3ccccc3)c2)n1. The van der Waals surface area contributed by atoms with Gasteiger partial charge in [0.25, 0.3) is 0 Å². The van der Waals surface area contributed by atoms with Crippen molar-refractivity contribution in [3.8, 4) is 22.9 Å². The average molecular weight is 320 g/mol. The summed E-state index contributed by atoms with van der Waals surface area (Å²) in [6, 6.07) is 21.3. The van der Waals surface area contributed by atoms with Crippen molar-refractivity contribution >= 4 is 0 Å². The molecule has 0 amide bonds. The van der Waals surface area contributed by atoms with E-state index in [2.05, 4.69) is 22.4 Å². The van der Waals surface area contributed by atoms with Crippen molar-refractivity contribution in [3.05, 3.63) is 77.9 Å². The zero-order valence-corrected chi connectivity index (χ0v) is 13.6. The van der Waals surface area contributed by atoms with Crippen LogP contribution in [0.2, 0.25) is 0 Å². The molecule has 0 bridgehead atoms. The summed E-state index contributed by atoms with van der Waals surface area (Å²) in [5.41, 5.74) is 3.82. The highest BCUT2D eigenvalue weighted by molar-refractivity contribution is 5.62. The normalized spacial score (nSPS) is 10.5. The van der Waals surface area contributed by atoms with Crippen LogP contribution in [0.4, 0.5) is 0 Å². The van der Waals surface area contributed by atoms with Crippen LogP contribution in [-0.2, 0) is 13.1 Å². The highest BCUT2D eigenvalue weighted by atomic mass is 16.5. The van der Waals surface area contributed by atoms with Gasteiger partial charge in [0.2, 0.25) is 5.88 Å². The minimum Gasteiger partial charge on any atom is -0.508 e. The minimum absolute atomic E-state index is 0.280. The second-order valence-corrected chi connectivity index (χ2v) is 5.50. The summed E-state index contributed by atoms with van der Waals surface area (Å²) in [7, 11) is 1.60. The van der Waals surface area contributed by atoms with Gasteiger partial charge in [-0.1, -0.05) is 36.4 Å². The Labute approximate surface area is 141 Å². The highest BCUT2D eigenvalue weighted by Crippen LogP contribution is 2.26. The van der Waals surface area contributed by atoms with E-state index in [0.717, 1.165) is 23.4 Å². The number of aromatic nitrogens is 1. The van der Waals surface area contributed by atoms with E-state index < -0.39 is 0 Å². The molecule has 0 aliphatic carbocycles. The molecule has 0 spiro atoms. The molecule has 24 heavy (non-hydrogen) atoms. The van der Waals surface area contributed by atoms with Gasteiger partial charge in [-0.05, 0) is 29.8 Å². The number of benzene rings is 2. The molecule has 2 aromatic carbocycles. The monoisotopic (exact) mass is 320 g/mol. The van der Waals surface area contributed by atoms with E-state index in [0.29, 0.717) is 12.4 Å². The van der Waals surface area contributed by atoms with Crippen LogP contribution in [-0.4, -0.2) is 17.2 Å². The average Bonchev–Trinajstić information content (AvgIpc) is 2.64. The fourth-order valence-corrected chi connectivity index (χ4v) is 2.51. The number of phenols is 1. The number of hydrogen-bond donors (Lipinski definition) is 2. The predicted molar refractivity (Wildman–Crippen MR) is 94.9 cm³/mol. The van der Waals surface area contributed by atoms with Crippen molar-refractivity contribution in [2.75, 3.05) is 7.11 Å². The van der Waals surface area contributed by atoms with Gasteiger partial charge in [0, 0.05) is 30.3 Å². The van der Waals surface area contributed by atoms with Crippen LogP contribution in [0.3, 0.4) is 0 Å². The van der Waals surface area contributed by atoms with Crippen LogP contribution >= 0.6 is 0 Å². The number of rotatable bonds is 6. The Kier molecular flexibility index (Phi) is 5.08. The van der Waals surface area contributed by atoms with Crippen molar-refractivity contribution in [1.29, 1.82) is 0 Å². The second kappa shape index (κ2) is 7.62. The number of aromatic hydroxyl groups is 1. The topological polar surface area (TPSA) is 54.4 Å². The van der Waals surface area contributed by atoms with Gasteiger partial charge in [0.15, 0.2) is 0 Å². The van der Waals surface area contributed by atoms with E-state index in [-0.39, 0.29) is 5.75 Å². The molecular formula is C20H20N2O2. The zero-order chi connectivity index (χ0) is 16.8. The van der Waals surface area contributed by atoms with Crippen molar-refractivity contribution < 1.29 is 9.84 Å². The summed E-state index contributed by atoms with van der Waals surface area (Å²) in [6.45, 7) is 1.33. The van der Waals surface area contributed by atoms with Crippen LogP contribution in [0.1, 0.15) is 11.1 Å². The lowest BCUT2D eigenvalue weighted by atomic mass is 10.1. The fraction of sp³-hybridized carbons (Fsp3) is 0.150. The van der Waals surface area contributed by atoms with Crippen molar-refractivity contribution in [2.45, 2.75) is 13.1 Å². The molecule has 0 saturated heterocycles. The summed E-state index contributed by atoms with van der Waals surface area (Å²) < 4.78 is 5.17. The Bertz CT molecular complexity index is 804. The third kappa shape index (κ3) is 3.91. The first-order valence-corrected chi connectivity index (χ1v) is 7.84. The fourth-order valence-electron chi connectivity index (χ4n) is 2.51. The third-order valence-electron chi connectivity index (χ3n) is 3.80. The number of methoxy groups -OCH3 is 1. The van der Waals surface area contributed by atoms with Gasteiger partial charge in [-0.3, -0.25) is 0 Å². The highest BCUT2D eigenvalue weighted by Gasteiger charge is 2.06. The molecule has 122 valence electrons. The molecule has 4 heteroatoms. The number of nitrogens with one attached hydrogen (secondary N) is 1. The molecule has 4 nitrogen and oxygen atoms in total. The first-order valence-electron chi connectivity index (χ1n) is 7.84. The van der Waals surface area contributed by atoms with Gasteiger partial charge < -0.3 is 15.2 Å². The van der Waals surface area contributed by atoms with Crippen LogP contribution in [0.15, 0.2) is 66.7 Å². The maximum absolute atomic E-state index is 10.1. The Morgan fingerprint density at radius 3 is 2.58 bits per heavy atom. The summed E-state index contributed by atoms with van der Waals surface area (Å²) >= 11 is 0. The summed E-state index contributed by atoms with van der Waals surface area (Å²) in [4.78, 5) is 4.44. The molecule has 2 N–H and O–H groups in total. The van der Waals surface area contributed by atoms with Crippen molar-refractivity contribution in [1.82, 2.24) is 10.3 Å². The Morgan fingerprint density at radius 1 is 0.958 bits per heavy atom. The lowest BCUT2D eigenvalue weighted by Gasteiger charge is -2.10. The predicted octanol–water partition coefficient (Wildman–Crippen LogP) is 3.75. The maximum atomic E-state index is 10.1. The van der Waals surface area contributed by atoms with Crippen molar-refractivity contribution in [3.63, 3.8) is 0 Å². The number of nitrogens with zero attached hydrogens (tertiary/aromatic N) is 1. The van der Waals surface area contributed by atoms with E-state index in [1.54, 1.807) is 13.2 Å². The molecule has 0 aliphatic heterocycles. The quantitative estimate of drug-likeness (QED) is 0.726. The molecule has 1 heterocycles. The largest absolute Gasteiger partial charge is 0.508 e. The second-order valence-electron chi connectivity index (χ2n) is 5.50. The van der Waals surface area contributed by atoms with E-state index in [9.17, 15) is 5.11 Å². The Balaban J connectivity index is 1.74. The number of pyridine rings is 1. The minimum atomic E-state index is 0.280. The van der Waals surface area contributed by atoms with Gasteiger partial charge in [-0.2, -0.15) is 0 Å². The Hall–Kier alpha value is -2.85. The van der Waals surface area contributed by atoms with Crippen molar-refractivity contribution in [2.24, 2.45) is 0 Å². The lowest BCUT2D eigenvalue weighted by molar-refractivity contribution is 0.398. The summed E-state index contributed by atoms with van der Waals surface area (Å²) in [5, 5.41) is 13.4. The van der Waals surface area contributed by atoms with E-state index in [4.69, 9.17) is 4.74 Å². The molecule has 0 aliphatic rings. The molecule has 0 fully saturated rings. The van der Waals surface area contributed by atoms with Crippen LogP contribution in [0, 0.1) is 0 Å². The zero-order valence-electron chi connectivity index (χ0n) is 13.6. The lowest BCUT2D eigenvalue weighted by Crippen LogP contribution is -2.12. The molecule has 3 rings (SSSR count). The molecular weight excluding hydrogens is 300 g/mol. The summed E-state index contributed by atoms with van der Waals surface area (Å²) in [5.74, 6) is 0.853.